The first-order valence-electron chi connectivity index (χ1n) is 15.9. The molecule has 0 atom stereocenters. The summed E-state index contributed by atoms with van der Waals surface area (Å²) in [5, 5.41) is 13.9. The van der Waals surface area contributed by atoms with Gasteiger partial charge in [0.25, 0.3) is 0 Å². The van der Waals surface area contributed by atoms with Gasteiger partial charge in [-0.3, -0.25) is 15.2 Å². The van der Waals surface area contributed by atoms with Gasteiger partial charge in [0.2, 0.25) is 0 Å². The van der Waals surface area contributed by atoms with Crippen LogP contribution in [0.15, 0.2) is 36.5 Å². The summed E-state index contributed by atoms with van der Waals surface area (Å²) in [6, 6.07) is 8.29. The van der Waals surface area contributed by atoms with Crippen LogP contribution in [-0.2, 0) is 11.2 Å². The van der Waals surface area contributed by atoms with E-state index in [9.17, 15) is 4.79 Å². The van der Waals surface area contributed by atoms with Crippen molar-refractivity contribution in [3.05, 3.63) is 53.7 Å². The number of aromatic nitrogens is 3. The normalized spacial score (nSPS) is 19.1. The van der Waals surface area contributed by atoms with Gasteiger partial charge < -0.3 is 19.5 Å². The van der Waals surface area contributed by atoms with E-state index in [0.29, 0.717) is 47.4 Å². The Labute approximate surface area is 265 Å². The lowest BCUT2D eigenvalue weighted by molar-refractivity contribution is 0.0925. The molecule has 0 bridgehead atoms. The van der Waals surface area contributed by atoms with Gasteiger partial charge in [-0.05, 0) is 66.6 Å². The highest BCUT2D eigenvalue weighted by molar-refractivity contribution is 6.01. The zero-order valence-electron chi connectivity index (χ0n) is 26.1. The van der Waals surface area contributed by atoms with Gasteiger partial charge in [0, 0.05) is 31.3 Å². The largest absolute Gasteiger partial charge is 0.505 e. The third-order valence-electron chi connectivity index (χ3n) is 9.68. The van der Waals surface area contributed by atoms with Gasteiger partial charge in [-0.25, -0.2) is 13.6 Å². The Balaban J connectivity index is 1.35. The molecule has 10 nitrogen and oxygen atoms in total. The smallest absolute Gasteiger partial charge is 0.461 e. The summed E-state index contributed by atoms with van der Waals surface area (Å²) < 4.78 is 43.1. The fourth-order valence-corrected chi connectivity index (χ4v) is 7.59. The Kier molecular flexibility index (Phi) is 7.88. The Bertz CT molecular complexity index is 1810. The highest BCUT2D eigenvalue weighted by Gasteiger charge is 2.45. The molecule has 0 radical (unpaired) electrons. The second-order valence-corrected chi connectivity index (χ2v) is 13.5. The average Bonchev–Trinajstić information content (AvgIpc) is 3.61. The van der Waals surface area contributed by atoms with Crippen LogP contribution < -0.4 is 15.0 Å². The van der Waals surface area contributed by atoms with E-state index in [1.54, 1.807) is 30.5 Å². The van der Waals surface area contributed by atoms with E-state index in [4.69, 9.17) is 14.8 Å². The molecule has 7 rings (SSSR count). The number of benzene rings is 2. The molecule has 2 N–H and O–H groups in total. The van der Waals surface area contributed by atoms with Crippen LogP contribution in [0.25, 0.3) is 32.9 Å². The molecule has 0 saturated carbocycles. The lowest BCUT2D eigenvalue weighted by Crippen LogP contribution is -2.51. The molecule has 4 aromatic rings. The summed E-state index contributed by atoms with van der Waals surface area (Å²) in [4.78, 5) is 29.6. The van der Waals surface area contributed by atoms with Gasteiger partial charge in [-0.2, -0.15) is 9.97 Å². The minimum Gasteiger partial charge on any atom is -0.461 e. The Morgan fingerprint density at radius 3 is 2.67 bits per heavy atom. The standard InChI is InChI=1S/C34H38F2N6O4/c1-33(2)17-37-20-41(18-33)30-24-16-38-28(23-7-3-6-21-8-9-25(35)22(26(21)23)10-15-45-32(43)44)27(36)29(24)39-31(40-30)46-19-34-11-4-13-42(34)14-5-12-34/h3,6-9,16,37H,4-5,10-15,17-20H2,1-2H3,(H,43,44). The predicted molar refractivity (Wildman–Crippen MR) is 170 cm³/mol. The number of carboxylic acid groups (broad SMARTS) is 1. The van der Waals surface area contributed by atoms with Crippen molar-refractivity contribution in [3.63, 3.8) is 0 Å². The quantitative estimate of drug-likeness (QED) is 0.233. The van der Waals surface area contributed by atoms with E-state index < -0.39 is 17.8 Å². The summed E-state index contributed by atoms with van der Waals surface area (Å²) in [6.45, 7) is 8.69. The molecule has 46 heavy (non-hydrogen) atoms. The van der Waals surface area contributed by atoms with Crippen LogP contribution in [0.5, 0.6) is 6.01 Å². The third kappa shape index (κ3) is 5.57. The summed E-state index contributed by atoms with van der Waals surface area (Å²) in [7, 11) is 0. The molecule has 5 heterocycles. The number of fused-ring (bicyclic) bond motifs is 3. The maximum Gasteiger partial charge on any atom is 0.505 e. The lowest BCUT2D eigenvalue weighted by Gasteiger charge is -2.39. The SMILES string of the molecule is CC1(C)CNCN(c2nc(OCC34CCCN3CCC4)nc3c(F)c(-c4cccc5ccc(F)c(CCOC(=O)O)c45)ncc23)C1. The fourth-order valence-electron chi connectivity index (χ4n) is 7.59. The van der Waals surface area contributed by atoms with E-state index in [0.717, 1.165) is 45.3 Å². The summed E-state index contributed by atoms with van der Waals surface area (Å²) in [5.41, 5.74) is 0.586. The topological polar surface area (TPSA) is 113 Å². The van der Waals surface area contributed by atoms with Crippen LogP contribution in [-0.4, -0.2) is 82.7 Å². The van der Waals surface area contributed by atoms with Gasteiger partial charge in [0.1, 0.15) is 29.5 Å². The van der Waals surface area contributed by atoms with Crippen LogP contribution in [0.1, 0.15) is 45.1 Å². The highest BCUT2D eigenvalue weighted by atomic mass is 19.1. The number of rotatable bonds is 8. The molecule has 242 valence electrons. The van der Waals surface area contributed by atoms with Crippen molar-refractivity contribution >= 4 is 33.6 Å². The molecule has 0 spiro atoms. The van der Waals surface area contributed by atoms with Crippen LogP contribution in [0.3, 0.4) is 0 Å². The average molecular weight is 633 g/mol. The van der Waals surface area contributed by atoms with Crippen LogP contribution in [0.2, 0.25) is 0 Å². The van der Waals surface area contributed by atoms with Crippen molar-refractivity contribution in [3.8, 4) is 17.3 Å². The number of pyridine rings is 1. The van der Waals surface area contributed by atoms with Crippen LogP contribution in [0.4, 0.5) is 19.4 Å². The van der Waals surface area contributed by atoms with Gasteiger partial charge in [0.15, 0.2) is 5.82 Å². The summed E-state index contributed by atoms with van der Waals surface area (Å²) in [5.74, 6) is -0.662. The lowest BCUT2D eigenvalue weighted by atomic mass is 9.91. The molecular weight excluding hydrogens is 594 g/mol. The van der Waals surface area contributed by atoms with Crippen LogP contribution >= 0.6 is 0 Å². The second kappa shape index (κ2) is 11.9. The number of halogens is 2. The van der Waals surface area contributed by atoms with E-state index in [1.165, 1.54) is 6.07 Å². The number of ether oxygens (including phenoxy) is 2. The number of hydrogen-bond donors (Lipinski definition) is 2. The third-order valence-corrected chi connectivity index (χ3v) is 9.68. The molecule has 2 aromatic carbocycles. The van der Waals surface area contributed by atoms with Crippen molar-refractivity contribution in [2.24, 2.45) is 5.41 Å². The number of anilines is 1. The first-order valence-corrected chi connectivity index (χ1v) is 15.9. The fraction of sp³-hybridized carbons (Fsp3) is 0.471. The van der Waals surface area contributed by atoms with E-state index in [2.05, 4.69) is 43.7 Å². The Morgan fingerprint density at radius 2 is 1.91 bits per heavy atom. The minimum absolute atomic E-state index is 0.00755. The molecule has 3 saturated heterocycles. The number of nitrogens with zero attached hydrogens (tertiary/aromatic N) is 5. The molecule has 0 aliphatic carbocycles. The van der Waals surface area contributed by atoms with Gasteiger partial charge in [0.05, 0.1) is 24.2 Å². The molecule has 2 aromatic heterocycles. The zero-order chi connectivity index (χ0) is 32.1. The molecule has 12 heteroatoms. The molecule has 3 fully saturated rings. The number of hydrogen-bond acceptors (Lipinski definition) is 9. The first kappa shape index (κ1) is 30.5. The van der Waals surface area contributed by atoms with Gasteiger partial charge in [-0.1, -0.05) is 38.1 Å². The predicted octanol–water partition coefficient (Wildman–Crippen LogP) is 5.76. The summed E-state index contributed by atoms with van der Waals surface area (Å²) >= 11 is 0. The minimum atomic E-state index is -1.45. The summed E-state index contributed by atoms with van der Waals surface area (Å²) in [6.07, 6.45) is 4.46. The van der Waals surface area contributed by atoms with Crippen molar-refractivity contribution in [1.29, 1.82) is 0 Å². The number of nitrogens with one attached hydrogen (secondary N) is 1. The van der Waals surface area contributed by atoms with E-state index >= 15 is 8.78 Å². The molecule has 3 aliphatic rings. The van der Waals surface area contributed by atoms with E-state index in [1.807, 2.05) is 0 Å². The second-order valence-electron chi connectivity index (χ2n) is 13.5. The first-order chi connectivity index (χ1) is 22.1. The van der Waals surface area contributed by atoms with Gasteiger partial charge >= 0.3 is 12.2 Å². The highest BCUT2D eigenvalue weighted by Crippen LogP contribution is 2.40. The van der Waals surface area contributed by atoms with Crippen LogP contribution in [0, 0.1) is 17.0 Å². The molecule has 0 unspecified atom stereocenters. The molecular formula is C34H38F2N6O4. The Morgan fingerprint density at radius 1 is 1.11 bits per heavy atom. The number of carbonyl (C=O) groups is 1. The monoisotopic (exact) mass is 632 g/mol. The molecule has 3 aliphatic heterocycles. The van der Waals surface area contributed by atoms with E-state index in [-0.39, 0.29) is 46.8 Å². The maximum absolute atomic E-state index is 16.9. The van der Waals surface area contributed by atoms with Crippen molar-refractivity contribution in [2.75, 3.05) is 51.0 Å². The zero-order valence-corrected chi connectivity index (χ0v) is 26.1. The van der Waals surface area contributed by atoms with Crippen molar-refractivity contribution in [2.45, 2.75) is 51.5 Å². The van der Waals surface area contributed by atoms with Crippen molar-refractivity contribution in [1.82, 2.24) is 25.2 Å². The Hall–Kier alpha value is -4.16. The van der Waals surface area contributed by atoms with Crippen molar-refractivity contribution < 1.29 is 28.2 Å². The molecule has 0 amide bonds. The maximum atomic E-state index is 16.9. The van der Waals surface area contributed by atoms with Gasteiger partial charge in [-0.15, -0.1) is 0 Å².